The Morgan fingerprint density at radius 3 is 1.71 bits per heavy atom. The Morgan fingerprint density at radius 1 is 0.527 bits per heavy atom. The average Bonchev–Trinajstić information content (AvgIpc) is 3.60. The predicted molar refractivity (Wildman–Crippen MR) is 232 cm³/mol. The first-order valence-corrected chi connectivity index (χ1v) is 20.0. The van der Waals surface area contributed by atoms with Crippen LogP contribution in [0.2, 0.25) is 0 Å². The van der Waals surface area contributed by atoms with Gasteiger partial charge in [0.2, 0.25) is 0 Å². The van der Waals surface area contributed by atoms with Crippen LogP contribution in [0, 0.1) is 13.8 Å². The van der Waals surface area contributed by atoms with Crippen molar-refractivity contribution in [2.75, 3.05) is 14.7 Å². The molecule has 0 bridgehead atoms. The highest BCUT2D eigenvalue weighted by Crippen LogP contribution is 2.61. The van der Waals surface area contributed by atoms with E-state index in [9.17, 15) is 0 Å². The second-order valence-corrected chi connectivity index (χ2v) is 16.5. The summed E-state index contributed by atoms with van der Waals surface area (Å²) in [6, 6.07) is 56.5. The first kappa shape index (κ1) is 32.5. The summed E-state index contributed by atoms with van der Waals surface area (Å²) in [6.07, 6.45) is 4.85. The minimum atomic E-state index is -0.0479. The van der Waals surface area contributed by atoms with Gasteiger partial charge in [0.15, 0.2) is 0 Å². The van der Waals surface area contributed by atoms with Gasteiger partial charge in [0.25, 0.3) is 6.71 Å². The van der Waals surface area contributed by atoms with Crippen molar-refractivity contribution in [3.8, 4) is 5.69 Å². The Hall–Kier alpha value is -5.94. The lowest BCUT2D eigenvalue weighted by Crippen LogP contribution is -2.63. The van der Waals surface area contributed by atoms with Gasteiger partial charge in [-0.15, -0.1) is 0 Å². The fraction of sp³-hybridized carbons (Fsp3) is 0.200. The number of aromatic nitrogens is 1. The fourth-order valence-corrected chi connectivity index (χ4v) is 11.1. The molecule has 2 atom stereocenters. The molecule has 3 aliphatic heterocycles. The van der Waals surface area contributed by atoms with E-state index >= 15 is 0 Å². The van der Waals surface area contributed by atoms with Gasteiger partial charge in [-0.05, 0) is 122 Å². The Balaban J connectivity index is 1.28. The molecule has 0 radical (unpaired) electrons. The van der Waals surface area contributed by atoms with Crippen LogP contribution in [0.5, 0.6) is 0 Å². The van der Waals surface area contributed by atoms with Gasteiger partial charge in [-0.2, -0.15) is 0 Å². The largest absolute Gasteiger partial charge is 0.334 e. The SMILES string of the molecule is Cc1c2c(n(-c3ccccc3)c1C)B1c3cc4c(cc3N(c3ccccc3)c3cccc(c31)N2c1ccccc1)N(c1ccccc1)C1(C)CCCCC41C. The predicted octanol–water partition coefficient (Wildman–Crippen LogP) is 10.9. The van der Waals surface area contributed by atoms with Crippen LogP contribution in [0.4, 0.5) is 45.5 Å². The molecule has 1 aromatic heterocycles. The second-order valence-electron chi connectivity index (χ2n) is 16.5. The van der Waals surface area contributed by atoms with Crippen LogP contribution in [-0.4, -0.2) is 16.8 Å². The van der Waals surface area contributed by atoms with E-state index in [1.807, 2.05) is 0 Å². The summed E-state index contributed by atoms with van der Waals surface area (Å²) in [7, 11) is 0. The normalized spacial score (nSPS) is 20.4. The van der Waals surface area contributed by atoms with Gasteiger partial charge in [-0.3, -0.25) is 0 Å². The number of rotatable bonds is 4. The molecule has 1 aliphatic carbocycles. The van der Waals surface area contributed by atoms with Gasteiger partial charge in [-0.1, -0.05) is 105 Å². The quantitative estimate of drug-likeness (QED) is 0.169. The van der Waals surface area contributed by atoms with Crippen molar-refractivity contribution in [1.82, 2.24) is 4.57 Å². The van der Waals surface area contributed by atoms with Gasteiger partial charge >= 0.3 is 0 Å². The van der Waals surface area contributed by atoms with Crippen molar-refractivity contribution < 1.29 is 0 Å². The summed E-state index contributed by atoms with van der Waals surface area (Å²) in [5.74, 6) is 0. The summed E-state index contributed by atoms with van der Waals surface area (Å²) < 4.78 is 2.57. The molecule has 0 saturated heterocycles. The number of para-hydroxylation sites is 4. The average molecular weight is 713 g/mol. The molecule has 4 aliphatic rings. The molecule has 7 aromatic rings. The molecule has 0 spiro atoms. The minimum absolute atomic E-state index is 0.0103. The van der Waals surface area contributed by atoms with E-state index in [4.69, 9.17) is 0 Å². The van der Waals surface area contributed by atoms with Crippen molar-refractivity contribution in [2.24, 2.45) is 0 Å². The maximum Gasteiger partial charge on any atom is 0.273 e. The standard InChI is InChI=1S/C50H45BN4/c1-34-35(2)52(36-20-9-5-10-21-36)48-47(34)54(38-24-13-7-14-25-38)43-29-19-28-42-46(43)51(48)41-32-40-44(33-45(41)53(42)37-22-11-6-12-23-37)55(39-26-15-8-16-27-39)50(4)31-18-17-30-49(40,50)3/h5-16,19-29,32-33H,17-18,30-31H2,1-4H3. The molecule has 1 saturated carbocycles. The van der Waals surface area contributed by atoms with Crippen molar-refractivity contribution in [1.29, 1.82) is 0 Å². The van der Waals surface area contributed by atoms with E-state index in [2.05, 4.69) is 199 Å². The third-order valence-electron chi connectivity index (χ3n) is 13.9. The molecule has 268 valence electrons. The van der Waals surface area contributed by atoms with Gasteiger partial charge < -0.3 is 19.3 Å². The van der Waals surface area contributed by atoms with E-state index in [1.165, 1.54) is 110 Å². The molecule has 2 unspecified atom stereocenters. The number of anilines is 8. The molecule has 1 fully saturated rings. The topological polar surface area (TPSA) is 14.7 Å². The van der Waals surface area contributed by atoms with Gasteiger partial charge in [0, 0.05) is 62.2 Å². The number of nitrogens with zero attached hydrogens (tertiary/aromatic N) is 4. The van der Waals surface area contributed by atoms with Crippen LogP contribution >= 0.6 is 0 Å². The molecular weight excluding hydrogens is 667 g/mol. The van der Waals surface area contributed by atoms with E-state index in [0.29, 0.717) is 0 Å². The van der Waals surface area contributed by atoms with E-state index < -0.39 is 0 Å². The third kappa shape index (κ3) is 4.30. The molecule has 4 nitrogen and oxygen atoms in total. The monoisotopic (exact) mass is 712 g/mol. The zero-order valence-electron chi connectivity index (χ0n) is 32.1. The van der Waals surface area contributed by atoms with E-state index in [0.717, 1.165) is 0 Å². The number of hydrogen-bond donors (Lipinski definition) is 0. The van der Waals surface area contributed by atoms with Crippen molar-refractivity contribution in [2.45, 2.75) is 64.3 Å². The summed E-state index contributed by atoms with van der Waals surface area (Å²) in [5.41, 5.74) is 19.4. The molecule has 0 N–H and O–H groups in total. The van der Waals surface area contributed by atoms with Gasteiger partial charge in [0.05, 0.1) is 11.2 Å². The zero-order chi connectivity index (χ0) is 37.1. The molecule has 55 heavy (non-hydrogen) atoms. The highest BCUT2D eigenvalue weighted by molar-refractivity contribution is 7.00. The van der Waals surface area contributed by atoms with Gasteiger partial charge in [-0.25, -0.2) is 0 Å². The Bertz CT molecular complexity index is 2620. The number of benzene rings is 6. The van der Waals surface area contributed by atoms with Crippen molar-refractivity contribution >= 4 is 68.7 Å². The Labute approximate surface area is 325 Å². The molecule has 11 rings (SSSR count). The van der Waals surface area contributed by atoms with Crippen molar-refractivity contribution in [3.63, 3.8) is 0 Å². The van der Waals surface area contributed by atoms with Crippen LogP contribution in [0.15, 0.2) is 152 Å². The third-order valence-corrected chi connectivity index (χ3v) is 13.9. The van der Waals surface area contributed by atoms with Crippen molar-refractivity contribution in [3.05, 3.63) is 168 Å². The molecule has 6 aromatic carbocycles. The molecule has 5 heteroatoms. The zero-order valence-corrected chi connectivity index (χ0v) is 32.1. The maximum absolute atomic E-state index is 2.72. The van der Waals surface area contributed by atoms with Crippen LogP contribution in [0.3, 0.4) is 0 Å². The summed E-state index contributed by atoms with van der Waals surface area (Å²) >= 11 is 0. The molecule has 4 heterocycles. The summed E-state index contributed by atoms with van der Waals surface area (Å²) in [5, 5.41) is 0. The fourth-order valence-electron chi connectivity index (χ4n) is 11.1. The summed E-state index contributed by atoms with van der Waals surface area (Å²) in [4.78, 5) is 7.83. The molecular formula is C50H45BN4. The highest BCUT2D eigenvalue weighted by atomic mass is 15.3. The lowest BCUT2D eigenvalue weighted by atomic mass is 9.34. The van der Waals surface area contributed by atoms with Gasteiger partial charge in [0.1, 0.15) is 0 Å². The number of fused-ring (bicyclic) bond motifs is 7. The van der Waals surface area contributed by atoms with Crippen LogP contribution in [0.25, 0.3) is 5.69 Å². The Kier molecular flexibility index (Phi) is 6.96. The van der Waals surface area contributed by atoms with E-state index in [1.54, 1.807) is 0 Å². The summed E-state index contributed by atoms with van der Waals surface area (Å²) in [6.45, 7) is 9.77. The lowest BCUT2D eigenvalue weighted by molar-refractivity contribution is 0.195. The first-order chi connectivity index (χ1) is 26.9. The van der Waals surface area contributed by atoms with E-state index in [-0.39, 0.29) is 17.7 Å². The number of hydrogen-bond acceptors (Lipinski definition) is 3. The Morgan fingerprint density at radius 2 is 1.07 bits per heavy atom. The highest BCUT2D eigenvalue weighted by Gasteiger charge is 2.59. The smallest absolute Gasteiger partial charge is 0.273 e. The molecule has 0 amide bonds. The maximum atomic E-state index is 2.72. The lowest BCUT2D eigenvalue weighted by Gasteiger charge is -2.50. The second kappa shape index (κ2) is 11.8. The van der Waals surface area contributed by atoms with Crippen LogP contribution < -0.4 is 31.2 Å². The minimum Gasteiger partial charge on any atom is -0.334 e. The first-order valence-electron chi connectivity index (χ1n) is 20.0. The van der Waals surface area contributed by atoms with Crippen LogP contribution in [0.1, 0.15) is 56.4 Å². The van der Waals surface area contributed by atoms with Crippen LogP contribution in [-0.2, 0) is 5.41 Å².